The Morgan fingerprint density at radius 2 is 1.91 bits per heavy atom. The van der Waals surface area contributed by atoms with Gasteiger partial charge >= 0.3 is 10.2 Å². The van der Waals surface area contributed by atoms with Crippen LogP contribution in [0.15, 0.2) is 24.3 Å². The van der Waals surface area contributed by atoms with Crippen LogP contribution in [0.4, 0.5) is 5.69 Å². The first-order valence-corrected chi connectivity index (χ1v) is 8.91. The molecule has 1 aliphatic carbocycles. The molecule has 1 saturated carbocycles. The zero-order chi connectivity index (χ0) is 16.2. The van der Waals surface area contributed by atoms with Crippen molar-refractivity contribution in [3.63, 3.8) is 0 Å². The first kappa shape index (κ1) is 16.8. The molecule has 0 aromatic heterocycles. The summed E-state index contributed by atoms with van der Waals surface area (Å²) in [6.07, 6.45) is 6.47. The van der Waals surface area contributed by atoms with Gasteiger partial charge in [0.25, 0.3) is 0 Å². The molecule has 2 N–H and O–H groups in total. The highest BCUT2D eigenvalue weighted by Gasteiger charge is 2.36. The first-order chi connectivity index (χ1) is 10.4. The van der Waals surface area contributed by atoms with Crippen molar-refractivity contribution in [3.05, 3.63) is 24.3 Å². The molecule has 1 aromatic rings. The van der Waals surface area contributed by atoms with Crippen molar-refractivity contribution in [3.8, 4) is 5.75 Å². The highest BCUT2D eigenvalue weighted by atomic mass is 32.2. The number of hydrogen-bond acceptors (Lipinski definition) is 4. The maximum absolute atomic E-state index is 11.6. The third-order valence-corrected chi connectivity index (χ3v) is 5.44. The van der Waals surface area contributed by atoms with Gasteiger partial charge in [-0.3, -0.25) is 4.31 Å². The van der Waals surface area contributed by atoms with Crippen LogP contribution in [0.25, 0.3) is 0 Å². The molecule has 6 nitrogen and oxygen atoms in total. The molecule has 1 unspecified atom stereocenters. The molecule has 2 fully saturated rings. The molecular weight excluding hydrogens is 304 g/mol. The van der Waals surface area contributed by atoms with E-state index in [2.05, 4.69) is 11.6 Å². The van der Waals surface area contributed by atoms with Crippen LogP contribution in [0.3, 0.4) is 0 Å². The number of aldehydes is 1. The van der Waals surface area contributed by atoms with E-state index in [1.807, 2.05) is 0 Å². The van der Waals surface area contributed by atoms with Crippen molar-refractivity contribution in [2.45, 2.75) is 38.6 Å². The predicted molar refractivity (Wildman–Crippen MR) is 85.0 cm³/mol. The normalized spacial score (nSPS) is 23.9. The number of benzene rings is 1. The lowest BCUT2D eigenvalue weighted by Gasteiger charge is -2.16. The summed E-state index contributed by atoms with van der Waals surface area (Å²) in [7, 11) is -3.73. The number of carbonyl (C=O) groups excluding carboxylic acids is 1. The van der Waals surface area contributed by atoms with E-state index in [9.17, 15) is 18.3 Å². The van der Waals surface area contributed by atoms with Crippen molar-refractivity contribution in [1.82, 2.24) is 4.72 Å². The molecule has 0 amide bonds. The van der Waals surface area contributed by atoms with Gasteiger partial charge in [-0.15, -0.1) is 0 Å². The minimum Gasteiger partial charge on any atom is -0.506 e. The summed E-state index contributed by atoms with van der Waals surface area (Å²) >= 11 is 0. The molecule has 1 aromatic carbocycles. The topological polar surface area (TPSA) is 86.7 Å². The Balaban J connectivity index is 0.000000246. The molecule has 0 bridgehead atoms. The van der Waals surface area contributed by atoms with Gasteiger partial charge in [0, 0.05) is 0 Å². The second-order valence-electron chi connectivity index (χ2n) is 5.77. The number of anilines is 1. The first-order valence-electron chi connectivity index (χ1n) is 7.47. The van der Waals surface area contributed by atoms with E-state index in [4.69, 9.17) is 0 Å². The largest absolute Gasteiger partial charge is 0.506 e. The molecule has 0 radical (unpaired) electrons. The van der Waals surface area contributed by atoms with Crippen LogP contribution in [-0.4, -0.2) is 32.4 Å². The fourth-order valence-corrected chi connectivity index (χ4v) is 4.08. The van der Waals surface area contributed by atoms with Crippen LogP contribution in [0.5, 0.6) is 5.75 Å². The van der Waals surface area contributed by atoms with Crippen molar-refractivity contribution < 1.29 is 18.3 Å². The second kappa shape index (κ2) is 7.11. The Bertz CT molecular complexity index is 612. The quantitative estimate of drug-likeness (QED) is 0.812. The number of phenols is 1. The number of nitrogens with one attached hydrogen (secondary N) is 1. The lowest BCUT2D eigenvalue weighted by Crippen LogP contribution is -2.30. The number of phenolic OH excluding ortho intramolecular Hbond substituents is 1. The van der Waals surface area contributed by atoms with E-state index in [0.717, 1.165) is 10.2 Å². The molecular formula is C15H22N2O4S. The highest BCUT2D eigenvalue weighted by molar-refractivity contribution is 7.91. The van der Waals surface area contributed by atoms with Crippen LogP contribution in [0.2, 0.25) is 0 Å². The molecule has 1 saturated heterocycles. The summed E-state index contributed by atoms with van der Waals surface area (Å²) in [5, 5.41) is 9.54. The van der Waals surface area contributed by atoms with E-state index in [1.54, 1.807) is 12.1 Å². The summed E-state index contributed by atoms with van der Waals surface area (Å²) < 4.78 is 26.4. The van der Waals surface area contributed by atoms with Gasteiger partial charge < -0.3 is 9.90 Å². The zero-order valence-electron chi connectivity index (χ0n) is 12.6. The Kier molecular flexibility index (Phi) is 5.42. The summed E-state index contributed by atoms with van der Waals surface area (Å²) in [6.45, 7) is 2.33. The van der Waals surface area contributed by atoms with Crippen molar-refractivity contribution in [1.29, 1.82) is 0 Å². The van der Waals surface area contributed by atoms with E-state index in [1.165, 1.54) is 37.8 Å². The Hall–Kier alpha value is -1.60. The van der Waals surface area contributed by atoms with Gasteiger partial charge in [0.1, 0.15) is 12.0 Å². The van der Waals surface area contributed by atoms with Crippen LogP contribution >= 0.6 is 0 Å². The van der Waals surface area contributed by atoms with Gasteiger partial charge in [0.2, 0.25) is 0 Å². The number of nitrogens with zero attached hydrogens (tertiary/aromatic N) is 1. The fourth-order valence-electron chi connectivity index (χ4n) is 2.67. The van der Waals surface area contributed by atoms with Gasteiger partial charge in [-0.1, -0.05) is 44.7 Å². The molecule has 1 aliphatic heterocycles. The summed E-state index contributed by atoms with van der Waals surface area (Å²) in [5.41, 5.74) is 0.166. The SMILES string of the molecule is CC1CCCC1.O=CC1CN(c2ccccc2O)S(=O)(=O)N1. The van der Waals surface area contributed by atoms with Gasteiger partial charge in [-0.2, -0.15) is 13.1 Å². The molecule has 22 heavy (non-hydrogen) atoms. The molecule has 1 atom stereocenters. The van der Waals surface area contributed by atoms with Crippen LogP contribution in [0.1, 0.15) is 32.6 Å². The summed E-state index contributed by atoms with van der Waals surface area (Å²) in [4.78, 5) is 10.5. The maximum Gasteiger partial charge on any atom is 0.302 e. The van der Waals surface area contributed by atoms with Crippen molar-refractivity contribution in [2.24, 2.45) is 5.92 Å². The van der Waals surface area contributed by atoms with Gasteiger partial charge in [-0.25, -0.2) is 0 Å². The van der Waals surface area contributed by atoms with Crippen LogP contribution in [-0.2, 0) is 15.0 Å². The highest BCUT2D eigenvalue weighted by Crippen LogP contribution is 2.30. The van der Waals surface area contributed by atoms with Crippen molar-refractivity contribution in [2.75, 3.05) is 10.8 Å². The molecule has 7 heteroatoms. The fraction of sp³-hybridized carbons (Fsp3) is 0.533. The van der Waals surface area contributed by atoms with Crippen LogP contribution in [0, 0.1) is 5.92 Å². The molecule has 1 heterocycles. The standard InChI is InChI=1S/C9H10N2O4S.C6H12/c12-6-7-5-11(16(14,15)10-7)8-3-1-2-4-9(8)13;1-6-4-2-3-5-6/h1-4,6-7,10,13H,5H2;6H,2-5H2,1H3. The van der Waals surface area contributed by atoms with Crippen molar-refractivity contribution >= 4 is 22.2 Å². The predicted octanol–water partition coefficient (Wildman–Crippen LogP) is 1.81. The summed E-state index contributed by atoms with van der Waals surface area (Å²) in [6, 6.07) is 5.29. The lowest BCUT2D eigenvalue weighted by atomic mass is 10.2. The third-order valence-electron chi connectivity index (χ3n) is 3.91. The molecule has 122 valence electrons. The second-order valence-corrected chi connectivity index (χ2v) is 7.40. The third kappa shape index (κ3) is 3.98. The van der Waals surface area contributed by atoms with E-state index < -0.39 is 16.3 Å². The minimum absolute atomic E-state index is 0.0105. The number of hydrogen-bond donors (Lipinski definition) is 2. The number of aromatic hydroxyl groups is 1. The zero-order valence-corrected chi connectivity index (χ0v) is 13.4. The van der Waals surface area contributed by atoms with E-state index in [-0.39, 0.29) is 18.0 Å². The average Bonchev–Trinajstić information content (AvgIpc) is 3.06. The minimum atomic E-state index is -3.73. The van der Waals surface area contributed by atoms with Gasteiger partial charge in [0.05, 0.1) is 18.3 Å². The molecule has 2 aliphatic rings. The smallest absolute Gasteiger partial charge is 0.302 e. The Morgan fingerprint density at radius 3 is 2.36 bits per heavy atom. The monoisotopic (exact) mass is 326 g/mol. The van der Waals surface area contributed by atoms with Gasteiger partial charge in [-0.05, 0) is 18.1 Å². The number of rotatable bonds is 2. The lowest BCUT2D eigenvalue weighted by molar-refractivity contribution is -0.108. The molecule has 0 spiro atoms. The Labute approximate surface area is 131 Å². The van der Waals surface area contributed by atoms with Gasteiger partial charge in [0.15, 0.2) is 0 Å². The average molecular weight is 326 g/mol. The Morgan fingerprint density at radius 1 is 1.27 bits per heavy atom. The number of carbonyl (C=O) groups is 1. The number of para-hydroxylation sites is 2. The maximum atomic E-state index is 11.6. The van der Waals surface area contributed by atoms with E-state index in [0.29, 0.717) is 6.29 Å². The van der Waals surface area contributed by atoms with E-state index >= 15 is 0 Å². The molecule has 3 rings (SSSR count). The van der Waals surface area contributed by atoms with Crippen LogP contribution < -0.4 is 9.03 Å². The summed E-state index contributed by atoms with van der Waals surface area (Å²) in [5.74, 6) is 0.907.